The van der Waals surface area contributed by atoms with Gasteiger partial charge in [-0.3, -0.25) is 0 Å². The van der Waals surface area contributed by atoms with Gasteiger partial charge in [-0.15, -0.1) is 0 Å². The van der Waals surface area contributed by atoms with Crippen LogP contribution in [0.5, 0.6) is 0 Å². The van der Waals surface area contributed by atoms with Crippen molar-refractivity contribution < 1.29 is 0 Å². The van der Waals surface area contributed by atoms with Crippen molar-refractivity contribution in [2.45, 2.75) is 33.2 Å². The van der Waals surface area contributed by atoms with E-state index in [9.17, 15) is 0 Å². The van der Waals surface area contributed by atoms with Crippen molar-refractivity contribution in [1.82, 2.24) is 9.55 Å². The molecular formula is C20H22N2. The lowest BCUT2D eigenvalue weighted by Crippen LogP contribution is -2.07. The van der Waals surface area contributed by atoms with Crippen molar-refractivity contribution >= 4 is 0 Å². The summed E-state index contributed by atoms with van der Waals surface area (Å²) in [6.45, 7) is 5.28. The fourth-order valence-electron chi connectivity index (χ4n) is 2.97. The summed E-state index contributed by atoms with van der Waals surface area (Å²) in [5.41, 5.74) is 5.52. The smallest absolute Gasteiger partial charge is 0.109 e. The highest BCUT2D eigenvalue weighted by Crippen LogP contribution is 2.16. The van der Waals surface area contributed by atoms with E-state index in [0.717, 1.165) is 25.2 Å². The maximum absolute atomic E-state index is 4.55. The highest BCUT2D eigenvalue weighted by atomic mass is 15.1. The Kier molecular flexibility index (Phi) is 4.38. The number of benzene rings is 2. The van der Waals surface area contributed by atoms with Crippen LogP contribution in [-0.4, -0.2) is 9.55 Å². The Morgan fingerprint density at radius 2 is 1.59 bits per heavy atom. The van der Waals surface area contributed by atoms with Gasteiger partial charge in [-0.25, -0.2) is 4.98 Å². The second-order valence-corrected chi connectivity index (χ2v) is 5.83. The first kappa shape index (κ1) is 14.6. The van der Waals surface area contributed by atoms with E-state index in [1.165, 1.54) is 22.3 Å². The molecule has 1 aromatic heterocycles. The molecule has 0 unspecified atom stereocenters. The molecular weight excluding hydrogens is 268 g/mol. The maximum atomic E-state index is 4.55. The van der Waals surface area contributed by atoms with E-state index in [1.807, 2.05) is 6.20 Å². The van der Waals surface area contributed by atoms with E-state index in [1.54, 1.807) is 0 Å². The van der Waals surface area contributed by atoms with Crippen molar-refractivity contribution in [2.75, 3.05) is 0 Å². The monoisotopic (exact) mass is 290 g/mol. The molecule has 112 valence electrons. The molecule has 2 aromatic carbocycles. The number of imidazole rings is 1. The zero-order valence-electron chi connectivity index (χ0n) is 13.3. The molecule has 0 saturated heterocycles. The first-order valence-electron chi connectivity index (χ1n) is 7.83. The second kappa shape index (κ2) is 6.61. The minimum absolute atomic E-state index is 0.892. The normalized spacial score (nSPS) is 10.8. The third kappa shape index (κ3) is 3.28. The van der Waals surface area contributed by atoms with Gasteiger partial charge in [-0.2, -0.15) is 0 Å². The number of rotatable bonds is 5. The maximum Gasteiger partial charge on any atom is 0.109 e. The summed E-state index contributed by atoms with van der Waals surface area (Å²) in [4.78, 5) is 4.55. The number of aromatic nitrogens is 2. The van der Waals surface area contributed by atoms with Crippen molar-refractivity contribution in [2.24, 2.45) is 0 Å². The van der Waals surface area contributed by atoms with Crippen LogP contribution >= 0.6 is 0 Å². The van der Waals surface area contributed by atoms with Crippen LogP contribution in [0, 0.1) is 13.8 Å². The molecule has 3 aromatic rings. The van der Waals surface area contributed by atoms with Crippen LogP contribution in [0.3, 0.4) is 0 Å². The average molecular weight is 290 g/mol. The van der Waals surface area contributed by atoms with Crippen molar-refractivity contribution in [3.05, 3.63) is 89.0 Å². The first-order chi connectivity index (χ1) is 10.7. The Hall–Kier alpha value is -2.35. The van der Waals surface area contributed by atoms with E-state index >= 15 is 0 Å². The van der Waals surface area contributed by atoms with Crippen LogP contribution in [0.1, 0.15) is 28.1 Å². The summed E-state index contributed by atoms with van der Waals surface area (Å²) in [5, 5.41) is 0. The topological polar surface area (TPSA) is 17.8 Å². The van der Waals surface area contributed by atoms with Crippen molar-refractivity contribution in [3.63, 3.8) is 0 Å². The highest BCUT2D eigenvalue weighted by Gasteiger charge is 2.07. The zero-order chi connectivity index (χ0) is 15.4. The fourth-order valence-corrected chi connectivity index (χ4v) is 2.97. The minimum Gasteiger partial charge on any atom is -0.331 e. The summed E-state index contributed by atoms with van der Waals surface area (Å²) in [6.07, 6.45) is 6.01. The van der Waals surface area contributed by atoms with Gasteiger partial charge in [0.2, 0.25) is 0 Å². The van der Waals surface area contributed by atoms with Crippen LogP contribution in [-0.2, 0) is 19.4 Å². The molecule has 22 heavy (non-hydrogen) atoms. The number of nitrogens with zero attached hydrogens (tertiary/aromatic N) is 2. The second-order valence-electron chi connectivity index (χ2n) is 5.83. The van der Waals surface area contributed by atoms with Gasteiger partial charge < -0.3 is 4.57 Å². The van der Waals surface area contributed by atoms with Gasteiger partial charge in [-0.05, 0) is 42.5 Å². The Labute approximate surface area is 132 Å². The molecule has 0 aliphatic carbocycles. The summed E-state index contributed by atoms with van der Waals surface area (Å²) in [7, 11) is 0. The van der Waals surface area contributed by atoms with Gasteiger partial charge in [0.05, 0.1) is 0 Å². The molecule has 2 heteroatoms. The third-order valence-electron chi connectivity index (χ3n) is 4.24. The molecule has 0 atom stereocenters. The van der Waals surface area contributed by atoms with Crippen LogP contribution in [0.15, 0.2) is 60.9 Å². The van der Waals surface area contributed by atoms with E-state index in [2.05, 4.69) is 78.1 Å². The quantitative estimate of drug-likeness (QED) is 0.683. The minimum atomic E-state index is 0.892. The Balaban J connectivity index is 1.73. The summed E-state index contributed by atoms with van der Waals surface area (Å²) < 4.78 is 2.25. The SMILES string of the molecule is Cc1cccc(C)c1CCc1nccn1Cc1ccccc1. The third-order valence-corrected chi connectivity index (χ3v) is 4.24. The molecule has 0 N–H and O–H groups in total. The van der Waals surface area contributed by atoms with Gasteiger partial charge in [0.25, 0.3) is 0 Å². The first-order valence-corrected chi connectivity index (χ1v) is 7.83. The molecule has 0 saturated carbocycles. The highest BCUT2D eigenvalue weighted by molar-refractivity contribution is 5.33. The van der Waals surface area contributed by atoms with Gasteiger partial charge in [0.15, 0.2) is 0 Å². The molecule has 0 aliphatic rings. The van der Waals surface area contributed by atoms with Gasteiger partial charge in [0, 0.05) is 25.4 Å². The van der Waals surface area contributed by atoms with Gasteiger partial charge >= 0.3 is 0 Å². The summed E-state index contributed by atoms with van der Waals surface area (Å²) in [6, 6.07) is 17.1. The van der Waals surface area contributed by atoms with Crippen molar-refractivity contribution in [1.29, 1.82) is 0 Å². The van der Waals surface area contributed by atoms with Crippen LogP contribution < -0.4 is 0 Å². The van der Waals surface area contributed by atoms with Crippen molar-refractivity contribution in [3.8, 4) is 0 Å². The number of hydrogen-bond acceptors (Lipinski definition) is 1. The Morgan fingerprint density at radius 1 is 0.864 bits per heavy atom. The molecule has 0 amide bonds. The molecule has 0 fully saturated rings. The van der Waals surface area contributed by atoms with Crippen LogP contribution in [0.2, 0.25) is 0 Å². The van der Waals surface area contributed by atoms with Crippen LogP contribution in [0.4, 0.5) is 0 Å². The standard InChI is InChI=1S/C20H22N2/c1-16-7-6-8-17(2)19(16)11-12-20-21-13-14-22(20)15-18-9-4-3-5-10-18/h3-10,13-14H,11-12,15H2,1-2H3. The zero-order valence-corrected chi connectivity index (χ0v) is 13.3. The van der Waals surface area contributed by atoms with E-state index in [-0.39, 0.29) is 0 Å². The lowest BCUT2D eigenvalue weighted by molar-refractivity contribution is 0.710. The molecule has 0 radical (unpaired) electrons. The van der Waals surface area contributed by atoms with Gasteiger partial charge in [0.1, 0.15) is 5.82 Å². The molecule has 3 rings (SSSR count). The summed E-state index contributed by atoms with van der Waals surface area (Å²) in [5.74, 6) is 1.16. The van der Waals surface area contributed by atoms with E-state index < -0.39 is 0 Å². The van der Waals surface area contributed by atoms with E-state index in [4.69, 9.17) is 0 Å². The Bertz CT molecular complexity index is 721. The average Bonchev–Trinajstić information content (AvgIpc) is 2.95. The predicted molar refractivity (Wildman–Crippen MR) is 91.1 cm³/mol. The molecule has 1 heterocycles. The number of hydrogen-bond donors (Lipinski definition) is 0. The fraction of sp³-hybridized carbons (Fsp3) is 0.250. The lowest BCUT2D eigenvalue weighted by Gasteiger charge is -2.11. The molecule has 2 nitrogen and oxygen atoms in total. The van der Waals surface area contributed by atoms with Gasteiger partial charge in [-0.1, -0.05) is 48.5 Å². The largest absolute Gasteiger partial charge is 0.331 e. The van der Waals surface area contributed by atoms with E-state index in [0.29, 0.717) is 0 Å². The lowest BCUT2D eigenvalue weighted by atomic mass is 9.98. The summed E-state index contributed by atoms with van der Waals surface area (Å²) >= 11 is 0. The molecule has 0 aliphatic heterocycles. The van der Waals surface area contributed by atoms with Crippen LogP contribution in [0.25, 0.3) is 0 Å². The molecule has 0 spiro atoms. The Morgan fingerprint density at radius 3 is 2.32 bits per heavy atom. The molecule has 0 bridgehead atoms. The predicted octanol–water partition coefficient (Wildman–Crippen LogP) is 4.33. The number of aryl methyl sites for hydroxylation is 3.